The van der Waals surface area contributed by atoms with E-state index in [4.69, 9.17) is 5.73 Å². The third-order valence-corrected chi connectivity index (χ3v) is 3.78. The summed E-state index contributed by atoms with van der Waals surface area (Å²) in [6.07, 6.45) is 5.11. The van der Waals surface area contributed by atoms with Gasteiger partial charge in [-0.15, -0.1) is 0 Å². The maximum absolute atomic E-state index is 5.91. The topological polar surface area (TPSA) is 32.5 Å². The van der Waals surface area contributed by atoms with Gasteiger partial charge < -0.3 is 15.5 Å². The number of piperidine rings is 2. The molecule has 0 aliphatic carbocycles. The van der Waals surface area contributed by atoms with Crippen molar-refractivity contribution in [1.29, 1.82) is 0 Å². The maximum Gasteiger partial charge on any atom is 0.0120 e. The molecule has 2 rings (SSSR count). The largest absolute Gasteiger partial charge is 0.328 e. The van der Waals surface area contributed by atoms with Gasteiger partial charge in [0.1, 0.15) is 0 Å². The van der Waals surface area contributed by atoms with Gasteiger partial charge in [-0.1, -0.05) is 0 Å². The summed E-state index contributed by atoms with van der Waals surface area (Å²) in [6, 6.07) is 1.32. The standard InChI is InChI=1S/C11H23N3/c1-13-6-4-11(5-7-13)14-8-2-10(12)3-9-14/h10-11H,2-9,12H2,1H3. The highest BCUT2D eigenvalue weighted by atomic mass is 15.2. The minimum absolute atomic E-state index is 0.470. The Bertz CT molecular complexity index is 147. The van der Waals surface area contributed by atoms with E-state index >= 15 is 0 Å². The van der Waals surface area contributed by atoms with Crippen LogP contribution in [-0.2, 0) is 0 Å². The van der Waals surface area contributed by atoms with Crippen LogP contribution >= 0.6 is 0 Å². The zero-order chi connectivity index (χ0) is 9.97. The molecule has 0 bridgehead atoms. The Hall–Kier alpha value is -0.120. The Morgan fingerprint density at radius 1 is 0.929 bits per heavy atom. The highest BCUT2D eigenvalue weighted by Gasteiger charge is 2.25. The van der Waals surface area contributed by atoms with Crippen LogP contribution in [0.15, 0.2) is 0 Å². The quantitative estimate of drug-likeness (QED) is 0.664. The summed E-state index contributed by atoms with van der Waals surface area (Å²) in [7, 11) is 2.22. The normalized spacial score (nSPS) is 29.6. The first-order valence-corrected chi connectivity index (χ1v) is 5.94. The van der Waals surface area contributed by atoms with Gasteiger partial charge in [-0.05, 0) is 58.9 Å². The number of hydrogen-bond acceptors (Lipinski definition) is 3. The molecule has 0 aromatic carbocycles. The highest BCUT2D eigenvalue weighted by molar-refractivity contribution is 4.83. The summed E-state index contributed by atoms with van der Waals surface area (Å²) in [6.45, 7) is 5.01. The number of nitrogens with zero attached hydrogens (tertiary/aromatic N) is 2. The van der Waals surface area contributed by atoms with E-state index < -0.39 is 0 Å². The molecule has 0 aromatic heterocycles. The van der Waals surface area contributed by atoms with Crippen LogP contribution in [0, 0.1) is 0 Å². The molecule has 2 saturated heterocycles. The van der Waals surface area contributed by atoms with E-state index in [1.54, 1.807) is 0 Å². The summed E-state index contributed by atoms with van der Waals surface area (Å²) in [5.41, 5.74) is 5.91. The maximum atomic E-state index is 5.91. The van der Waals surface area contributed by atoms with Gasteiger partial charge in [-0.25, -0.2) is 0 Å². The summed E-state index contributed by atoms with van der Waals surface area (Å²) in [5.74, 6) is 0. The Labute approximate surface area is 87.2 Å². The van der Waals surface area contributed by atoms with Crippen molar-refractivity contribution in [2.45, 2.75) is 37.8 Å². The molecule has 0 saturated carbocycles. The van der Waals surface area contributed by atoms with Crippen LogP contribution < -0.4 is 5.73 Å². The molecule has 2 aliphatic heterocycles. The fraction of sp³-hybridized carbons (Fsp3) is 1.00. The van der Waals surface area contributed by atoms with E-state index in [2.05, 4.69) is 16.8 Å². The molecule has 2 fully saturated rings. The second-order valence-corrected chi connectivity index (χ2v) is 4.91. The van der Waals surface area contributed by atoms with Gasteiger partial charge in [0, 0.05) is 12.1 Å². The first-order valence-electron chi connectivity index (χ1n) is 5.94. The molecule has 2 aliphatic rings. The van der Waals surface area contributed by atoms with E-state index in [1.807, 2.05) is 0 Å². The van der Waals surface area contributed by atoms with Crippen LogP contribution in [0.2, 0.25) is 0 Å². The van der Waals surface area contributed by atoms with Gasteiger partial charge in [0.2, 0.25) is 0 Å². The molecule has 0 atom stereocenters. The summed E-state index contributed by atoms with van der Waals surface area (Å²) < 4.78 is 0. The minimum atomic E-state index is 0.470. The molecule has 0 amide bonds. The van der Waals surface area contributed by atoms with Gasteiger partial charge in [-0.3, -0.25) is 0 Å². The lowest BCUT2D eigenvalue weighted by molar-refractivity contribution is 0.0973. The predicted molar refractivity (Wildman–Crippen MR) is 59.3 cm³/mol. The second-order valence-electron chi connectivity index (χ2n) is 4.91. The van der Waals surface area contributed by atoms with Crippen molar-refractivity contribution >= 4 is 0 Å². The number of rotatable bonds is 1. The van der Waals surface area contributed by atoms with Crippen LogP contribution in [0.1, 0.15) is 25.7 Å². The molecule has 3 nitrogen and oxygen atoms in total. The third-order valence-electron chi connectivity index (χ3n) is 3.78. The van der Waals surface area contributed by atoms with Crippen molar-refractivity contribution in [2.75, 3.05) is 33.2 Å². The van der Waals surface area contributed by atoms with E-state index in [-0.39, 0.29) is 0 Å². The van der Waals surface area contributed by atoms with E-state index in [9.17, 15) is 0 Å². The van der Waals surface area contributed by atoms with Crippen molar-refractivity contribution in [2.24, 2.45) is 5.73 Å². The SMILES string of the molecule is CN1CCC(N2CCC(N)CC2)CC1. The second kappa shape index (κ2) is 4.60. The lowest BCUT2D eigenvalue weighted by atomic mass is 9.98. The molecule has 0 spiro atoms. The van der Waals surface area contributed by atoms with E-state index in [0.717, 1.165) is 6.04 Å². The van der Waals surface area contributed by atoms with Crippen molar-refractivity contribution in [3.8, 4) is 0 Å². The third kappa shape index (κ3) is 2.47. The Kier molecular flexibility index (Phi) is 3.42. The Balaban J connectivity index is 1.78. The Morgan fingerprint density at radius 2 is 1.50 bits per heavy atom. The summed E-state index contributed by atoms with van der Waals surface area (Å²) in [4.78, 5) is 5.10. The average molecular weight is 197 g/mol. The molecule has 0 radical (unpaired) electrons. The summed E-state index contributed by atoms with van der Waals surface area (Å²) >= 11 is 0. The smallest absolute Gasteiger partial charge is 0.0120 e. The predicted octanol–water partition coefficient (Wildman–Crippen LogP) is 0.504. The molecular formula is C11H23N3. The number of likely N-dealkylation sites (tertiary alicyclic amines) is 2. The van der Waals surface area contributed by atoms with Crippen LogP contribution in [0.4, 0.5) is 0 Å². The van der Waals surface area contributed by atoms with E-state index in [0.29, 0.717) is 6.04 Å². The van der Waals surface area contributed by atoms with Crippen LogP contribution in [0.5, 0.6) is 0 Å². The van der Waals surface area contributed by atoms with Crippen LogP contribution in [-0.4, -0.2) is 55.1 Å². The number of hydrogen-bond donors (Lipinski definition) is 1. The van der Waals surface area contributed by atoms with Gasteiger partial charge in [0.25, 0.3) is 0 Å². The van der Waals surface area contributed by atoms with Crippen molar-refractivity contribution in [3.05, 3.63) is 0 Å². The Morgan fingerprint density at radius 3 is 2.07 bits per heavy atom. The first kappa shape index (κ1) is 10.4. The molecule has 2 heterocycles. The van der Waals surface area contributed by atoms with Crippen LogP contribution in [0.3, 0.4) is 0 Å². The van der Waals surface area contributed by atoms with Gasteiger partial charge in [-0.2, -0.15) is 0 Å². The van der Waals surface area contributed by atoms with Crippen LogP contribution in [0.25, 0.3) is 0 Å². The number of nitrogens with two attached hydrogens (primary N) is 1. The molecule has 3 heteroatoms. The van der Waals surface area contributed by atoms with E-state index in [1.165, 1.54) is 51.9 Å². The lowest BCUT2D eigenvalue weighted by Gasteiger charge is -2.40. The monoisotopic (exact) mass is 197 g/mol. The van der Waals surface area contributed by atoms with Crippen molar-refractivity contribution < 1.29 is 0 Å². The van der Waals surface area contributed by atoms with Crippen molar-refractivity contribution in [3.63, 3.8) is 0 Å². The zero-order valence-electron chi connectivity index (χ0n) is 9.28. The molecule has 14 heavy (non-hydrogen) atoms. The fourth-order valence-electron chi connectivity index (χ4n) is 2.64. The molecule has 82 valence electrons. The van der Waals surface area contributed by atoms with Crippen molar-refractivity contribution in [1.82, 2.24) is 9.80 Å². The van der Waals surface area contributed by atoms with Gasteiger partial charge >= 0.3 is 0 Å². The molecule has 0 unspecified atom stereocenters. The molecular weight excluding hydrogens is 174 g/mol. The summed E-state index contributed by atoms with van der Waals surface area (Å²) in [5, 5.41) is 0. The minimum Gasteiger partial charge on any atom is -0.328 e. The molecule has 0 aromatic rings. The highest BCUT2D eigenvalue weighted by Crippen LogP contribution is 2.19. The zero-order valence-corrected chi connectivity index (χ0v) is 9.28. The van der Waals surface area contributed by atoms with Gasteiger partial charge in [0.05, 0.1) is 0 Å². The fourth-order valence-corrected chi connectivity index (χ4v) is 2.64. The lowest BCUT2D eigenvalue weighted by Crippen LogP contribution is -2.48. The van der Waals surface area contributed by atoms with Gasteiger partial charge in [0.15, 0.2) is 0 Å². The average Bonchev–Trinajstić information content (AvgIpc) is 2.21. The first-order chi connectivity index (χ1) is 6.75. The molecule has 2 N–H and O–H groups in total.